The van der Waals surface area contributed by atoms with Crippen molar-refractivity contribution < 1.29 is 13.7 Å². The lowest BCUT2D eigenvalue weighted by molar-refractivity contribution is -0.132. The molecule has 1 amide bonds. The maximum absolute atomic E-state index is 12.6. The van der Waals surface area contributed by atoms with Crippen LogP contribution in [0.1, 0.15) is 36.9 Å². The predicted octanol–water partition coefficient (Wildman–Crippen LogP) is 2.40. The summed E-state index contributed by atoms with van der Waals surface area (Å²) in [7, 11) is 2.00. The van der Waals surface area contributed by atoms with Crippen LogP contribution in [0.4, 0.5) is 0 Å². The zero-order chi connectivity index (χ0) is 17.9. The Hall–Kier alpha value is -2.90. The highest BCUT2D eigenvalue weighted by atomic mass is 16.5. The molecule has 3 aromatic heterocycles. The van der Waals surface area contributed by atoms with E-state index in [1.165, 1.54) is 0 Å². The first-order valence-electron chi connectivity index (χ1n) is 8.82. The molecule has 4 rings (SSSR count). The van der Waals surface area contributed by atoms with Crippen LogP contribution in [0, 0.1) is 0 Å². The first-order valence-corrected chi connectivity index (χ1v) is 8.82. The maximum atomic E-state index is 12.6. The average molecular weight is 355 g/mol. The number of imidazole rings is 1. The first kappa shape index (κ1) is 16.6. The van der Waals surface area contributed by atoms with E-state index >= 15 is 0 Å². The van der Waals surface area contributed by atoms with Crippen LogP contribution in [-0.4, -0.2) is 43.6 Å². The van der Waals surface area contributed by atoms with Gasteiger partial charge in [0.05, 0.1) is 6.26 Å². The summed E-state index contributed by atoms with van der Waals surface area (Å²) < 4.78 is 12.5. The Morgan fingerprint density at radius 2 is 2.35 bits per heavy atom. The van der Waals surface area contributed by atoms with E-state index in [-0.39, 0.29) is 5.91 Å². The smallest absolute Gasteiger partial charge is 0.238 e. The van der Waals surface area contributed by atoms with Crippen molar-refractivity contribution in [3.05, 3.63) is 42.5 Å². The number of likely N-dealkylation sites (tertiary alicyclic amines) is 1. The van der Waals surface area contributed by atoms with E-state index < -0.39 is 0 Å². The van der Waals surface area contributed by atoms with Gasteiger partial charge in [-0.1, -0.05) is 5.16 Å². The fraction of sp³-hybridized carbons (Fsp3) is 0.444. The highest BCUT2D eigenvalue weighted by Crippen LogP contribution is 2.26. The van der Waals surface area contributed by atoms with Crippen LogP contribution in [0.5, 0.6) is 0 Å². The Kier molecular flexibility index (Phi) is 4.55. The number of hydrogen-bond acceptors (Lipinski definition) is 6. The molecule has 1 aliphatic heterocycles. The van der Waals surface area contributed by atoms with Crippen LogP contribution in [0.25, 0.3) is 11.6 Å². The monoisotopic (exact) mass is 355 g/mol. The zero-order valence-corrected chi connectivity index (χ0v) is 14.7. The Labute approximate surface area is 150 Å². The number of nitrogens with zero attached hydrogens (tertiary/aromatic N) is 5. The van der Waals surface area contributed by atoms with Crippen molar-refractivity contribution in [2.24, 2.45) is 7.05 Å². The summed E-state index contributed by atoms with van der Waals surface area (Å²) in [5.74, 6) is 2.86. The van der Waals surface area contributed by atoms with Crippen molar-refractivity contribution in [1.82, 2.24) is 24.6 Å². The van der Waals surface area contributed by atoms with Gasteiger partial charge in [-0.25, -0.2) is 4.98 Å². The van der Waals surface area contributed by atoms with E-state index in [9.17, 15) is 4.79 Å². The summed E-state index contributed by atoms with van der Waals surface area (Å²) in [5.41, 5.74) is 0. The lowest BCUT2D eigenvalue weighted by atomic mass is 9.97. The molecular formula is C18H21N5O3. The predicted molar refractivity (Wildman–Crippen MR) is 92.1 cm³/mol. The third-order valence-electron chi connectivity index (χ3n) is 4.76. The van der Waals surface area contributed by atoms with E-state index in [4.69, 9.17) is 8.94 Å². The van der Waals surface area contributed by atoms with Crippen molar-refractivity contribution >= 4 is 5.91 Å². The topological polar surface area (TPSA) is 90.2 Å². The Morgan fingerprint density at radius 1 is 1.42 bits per heavy atom. The van der Waals surface area contributed by atoms with Crippen LogP contribution in [0.15, 0.2) is 39.7 Å². The van der Waals surface area contributed by atoms with Gasteiger partial charge in [-0.2, -0.15) is 4.98 Å². The highest BCUT2D eigenvalue weighted by molar-refractivity contribution is 5.76. The second kappa shape index (κ2) is 7.15. The van der Waals surface area contributed by atoms with Gasteiger partial charge in [0.1, 0.15) is 5.82 Å². The number of carbonyl (C=O) groups is 1. The summed E-state index contributed by atoms with van der Waals surface area (Å²) in [6.45, 7) is 1.51. The van der Waals surface area contributed by atoms with Crippen molar-refractivity contribution in [3.63, 3.8) is 0 Å². The molecule has 1 fully saturated rings. The molecule has 0 aromatic carbocycles. The quantitative estimate of drug-likeness (QED) is 0.698. The van der Waals surface area contributed by atoms with Gasteiger partial charge in [0.25, 0.3) is 0 Å². The van der Waals surface area contributed by atoms with Crippen LogP contribution in [0.2, 0.25) is 0 Å². The highest BCUT2D eigenvalue weighted by Gasteiger charge is 2.27. The molecule has 1 aliphatic rings. The molecule has 136 valence electrons. The summed E-state index contributed by atoms with van der Waals surface area (Å²) in [4.78, 5) is 23.2. The number of hydrogen-bond donors (Lipinski definition) is 0. The Balaban J connectivity index is 1.34. The summed E-state index contributed by atoms with van der Waals surface area (Å²) in [6, 6.07) is 3.54. The maximum Gasteiger partial charge on any atom is 0.238 e. The van der Waals surface area contributed by atoms with Gasteiger partial charge in [0.15, 0.2) is 5.76 Å². The van der Waals surface area contributed by atoms with Crippen LogP contribution < -0.4 is 0 Å². The SMILES string of the molecule is Cn1ccnc1[C@H]1CCCN(C(=O)CCc2nc(-c3ccco3)no2)C1. The molecule has 8 nitrogen and oxygen atoms in total. The minimum atomic E-state index is 0.113. The van der Waals surface area contributed by atoms with Gasteiger partial charge < -0.3 is 18.4 Å². The second-order valence-corrected chi connectivity index (χ2v) is 6.56. The van der Waals surface area contributed by atoms with Gasteiger partial charge in [0.2, 0.25) is 17.6 Å². The standard InChI is InChI=1S/C18H21N5O3/c1-22-10-8-19-18(22)13-4-2-9-23(12-13)16(24)7-6-15-20-17(21-26-15)14-5-3-11-25-14/h3,5,8,10-11,13H,2,4,6-7,9,12H2,1H3/t13-/m0/s1. The first-order chi connectivity index (χ1) is 12.7. The molecule has 0 N–H and O–H groups in total. The normalized spacial score (nSPS) is 17.6. The van der Waals surface area contributed by atoms with E-state index in [1.54, 1.807) is 18.4 Å². The van der Waals surface area contributed by atoms with Crippen LogP contribution in [0.3, 0.4) is 0 Å². The Bertz CT molecular complexity index is 867. The second-order valence-electron chi connectivity index (χ2n) is 6.56. The summed E-state index contributed by atoms with van der Waals surface area (Å²) in [5, 5.41) is 3.89. The van der Waals surface area contributed by atoms with E-state index in [2.05, 4.69) is 15.1 Å². The number of piperidine rings is 1. The molecule has 3 aromatic rings. The fourth-order valence-corrected chi connectivity index (χ4v) is 3.42. The van der Waals surface area contributed by atoms with Gasteiger partial charge >= 0.3 is 0 Å². The Morgan fingerprint density at radius 3 is 3.12 bits per heavy atom. The van der Waals surface area contributed by atoms with Gasteiger partial charge in [-0.05, 0) is 25.0 Å². The van der Waals surface area contributed by atoms with E-state index in [0.717, 1.165) is 25.2 Å². The molecule has 1 saturated heterocycles. The number of carbonyl (C=O) groups excluding carboxylic acids is 1. The van der Waals surface area contributed by atoms with Crippen molar-refractivity contribution in [2.45, 2.75) is 31.6 Å². The van der Waals surface area contributed by atoms with Crippen molar-refractivity contribution in [3.8, 4) is 11.6 Å². The largest absolute Gasteiger partial charge is 0.461 e. The minimum absolute atomic E-state index is 0.113. The fourth-order valence-electron chi connectivity index (χ4n) is 3.42. The van der Waals surface area contributed by atoms with E-state index in [1.807, 2.05) is 28.9 Å². The summed E-state index contributed by atoms with van der Waals surface area (Å²) in [6.07, 6.45) is 8.15. The molecule has 0 aliphatic carbocycles. The van der Waals surface area contributed by atoms with Gasteiger partial charge in [0, 0.05) is 51.3 Å². The van der Waals surface area contributed by atoms with Gasteiger partial charge in [-0.3, -0.25) is 4.79 Å². The minimum Gasteiger partial charge on any atom is -0.461 e. The lowest BCUT2D eigenvalue weighted by Gasteiger charge is -2.32. The van der Waals surface area contributed by atoms with Gasteiger partial charge in [-0.15, -0.1) is 0 Å². The van der Waals surface area contributed by atoms with Crippen molar-refractivity contribution in [2.75, 3.05) is 13.1 Å². The molecular weight excluding hydrogens is 334 g/mol. The summed E-state index contributed by atoms with van der Waals surface area (Å²) >= 11 is 0. The third-order valence-corrected chi connectivity index (χ3v) is 4.76. The molecule has 4 heterocycles. The van der Waals surface area contributed by atoms with Crippen LogP contribution in [-0.2, 0) is 18.3 Å². The van der Waals surface area contributed by atoms with Crippen LogP contribution >= 0.6 is 0 Å². The molecule has 0 radical (unpaired) electrons. The van der Waals surface area contributed by atoms with Crippen molar-refractivity contribution in [1.29, 1.82) is 0 Å². The number of rotatable bonds is 5. The molecule has 0 saturated carbocycles. The molecule has 26 heavy (non-hydrogen) atoms. The average Bonchev–Trinajstić information content (AvgIpc) is 3.40. The molecule has 0 unspecified atom stereocenters. The lowest BCUT2D eigenvalue weighted by Crippen LogP contribution is -2.39. The number of amides is 1. The number of aromatic nitrogens is 4. The molecule has 0 spiro atoms. The molecule has 0 bridgehead atoms. The molecule has 1 atom stereocenters. The molecule has 8 heteroatoms. The number of furan rings is 1. The van der Waals surface area contributed by atoms with E-state index in [0.29, 0.717) is 42.8 Å². The zero-order valence-electron chi connectivity index (χ0n) is 14.7. The third kappa shape index (κ3) is 3.40. The number of aryl methyl sites for hydroxylation is 2.